The fourth-order valence-corrected chi connectivity index (χ4v) is 3.09. The lowest BCUT2D eigenvalue weighted by Crippen LogP contribution is -2.21. The SMILES string of the molecule is O=C1OCCCCCCCCOC(=O)c2ccccc2NN=C1c1ccccc1. The van der Waals surface area contributed by atoms with Gasteiger partial charge in [-0.25, -0.2) is 9.59 Å². The highest BCUT2D eigenvalue weighted by Gasteiger charge is 2.17. The first kappa shape index (κ1) is 20.6. The second-order valence-electron chi connectivity index (χ2n) is 6.88. The molecule has 6 heteroatoms. The first-order chi connectivity index (χ1) is 14.3. The number of para-hydroxylation sites is 1. The lowest BCUT2D eigenvalue weighted by Gasteiger charge is -2.11. The zero-order valence-electron chi connectivity index (χ0n) is 16.4. The van der Waals surface area contributed by atoms with E-state index in [0.29, 0.717) is 30.0 Å². The molecule has 1 N–H and O–H groups in total. The molecule has 0 atom stereocenters. The van der Waals surface area contributed by atoms with E-state index in [0.717, 1.165) is 38.5 Å². The number of rotatable bonds is 1. The normalized spacial score (nSPS) is 17.0. The Morgan fingerprint density at radius 2 is 1.28 bits per heavy atom. The third-order valence-electron chi connectivity index (χ3n) is 4.68. The number of carbonyl (C=O) groups excluding carboxylic acids is 2. The fraction of sp³-hybridized carbons (Fsp3) is 0.348. The van der Waals surface area contributed by atoms with Crippen molar-refractivity contribution >= 4 is 23.3 Å². The molecule has 6 nitrogen and oxygen atoms in total. The van der Waals surface area contributed by atoms with Crippen LogP contribution in [0.5, 0.6) is 0 Å². The number of hydrogen-bond acceptors (Lipinski definition) is 6. The van der Waals surface area contributed by atoms with Gasteiger partial charge in [0.2, 0.25) is 0 Å². The van der Waals surface area contributed by atoms with Crippen molar-refractivity contribution in [3.8, 4) is 0 Å². The molecule has 0 saturated heterocycles. The Labute approximate surface area is 170 Å². The standard InChI is InChI=1S/C23H26N2O4/c26-22-19-14-8-9-15-20(19)24-25-21(18-12-6-5-7-13-18)23(27)29-17-11-4-2-1-3-10-16-28-22/h5-9,12-15,24H,1-4,10-11,16-17H2. The van der Waals surface area contributed by atoms with E-state index in [1.807, 2.05) is 18.2 Å². The van der Waals surface area contributed by atoms with Gasteiger partial charge in [0, 0.05) is 5.56 Å². The smallest absolute Gasteiger partial charge is 0.359 e. The van der Waals surface area contributed by atoms with E-state index in [4.69, 9.17) is 9.47 Å². The van der Waals surface area contributed by atoms with Crippen LogP contribution in [0.1, 0.15) is 54.4 Å². The van der Waals surface area contributed by atoms with Gasteiger partial charge >= 0.3 is 11.9 Å². The van der Waals surface area contributed by atoms with Crippen LogP contribution >= 0.6 is 0 Å². The molecular formula is C23H26N2O4. The van der Waals surface area contributed by atoms with Gasteiger partial charge in [-0.1, -0.05) is 68.1 Å². The van der Waals surface area contributed by atoms with Crippen LogP contribution in [0.2, 0.25) is 0 Å². The molecule has 2 aromatic rings. The van der Waals surface area contributed by atoms with Gasteiger partial charge in [-0.15, -0.1) is 0 Å². The van der Waals surface area contributed by atoms with Gasteiger partial charge in [0.05, 0.1) is 24.5 Å². The van der Waals surface area contributed by atoms with Gasteiger partial charge in [0.15, 0.2) is 5.71 Å². The number of hydrogen-bond donors (Lipinski definition) is 1. The maximum absolute atomic E-state index is 12.7. The van der Waals surface area contributed by atoms with Gasteiger partial charge in [-0.05, 0) is 25.0 Å². The van der Waals surface area contributed by atoms with Gasteiger partial charge in [-0.3, -0.25) is 5.43 Å². The average Bonchev–Trinajstić information content (AvgIpc) is 2.75. The van der Waals surface area contributed by atoms with Gasteiger partial charge in [0.1, 0.15) is 0 Å². The summed E-state index contributed by atoms with van der Waals surface area (Å²) < 4.78 is 10.8. The Morgan fingerprint density at radius 1 is 0.690 bits per heavy atom. The molecule has 0 fully saturated rings. The van der Waals surface area contributed by atoms with Crippen LogP contribution in [0.4, 0.5) is 5.69 Å². The summed E-state index contributed by atoms with van der Waals surface area (Å²) >= 11 is 0. The monoisotopic (exact) mass is 394 g/mol. The highest BCUT2D eigenvalue weighted by Crippen LogP contribution is 2.18. The van der Waals surface area contributed by atoms with Crippen LogP contribution < -0.4 is 5.43 Å². The zero-order chi connectivity index (χ0) is 20.3. The third kappa shape index (κ3) is 6.17. The number of nitrogens with zero attached hydrogens (tertiary/aromatic N) is 1. The van der Waals surface area contributed by atoms with Gasteiger partial charge < -0.3 is 9.47 Å². The summed E-state index contributed by atoms with van der Waals surface area (Å²) in [6, 6.07) is 16.1. The maximum Gasteiger partial charge on any atom is 0.359 e. The second-order valence-corrected chi connectivity index (χ2v) is 6.88. The summed E-state index contributed by atoms with van der Waals surface area (Å²) in [7, 11) is 0. The molecule has 0 spiro atoms. The predicted molar refractivity (Wildman–Crippen MR) is 112 cm³/mol. The molecule has 0 amide bonds. The van der Waals surface area contributed by atoms with E-state index in [2.05, 4.69) is 10.5 Å². The summed E-state index contributed by atoms with van der Waals surface area (Å²) in [6.07, 6.45) is 5.80. The number of fused-ring (bicyclic) bond motifs is 1. The van der Waals surface area contributed by atoms with Crippen LogP contribution in [0.25, 0.3) is 0 Å². The van der Waals surface area contributed by atoms with Crippen molar-refractivity contribution in [1.29, 1.82) is 0 Å². The highest BCUT2D eigenvalue weighted by atomic mass is 16.5. The Kier molecular flexibility index (Phi) is 7.81. The molecule has 0 radical (unpaired) electrons. The number of cyclic esters (lactones) is 2. The minimum Gasteiger partial charge on any atom is -0.462 e. The van der Waals surface area contributed by atoms with Crippen LogP contribution in [0.15, 0.2) is 59.7 Å². The molecule has 1 aliphatic heterocycles. The van der Waals surface area contributed by atoms with E-state index in [-0.39, 0.29) is 5.71 Å². The molecule has 0 unspecified atom stereocenters. The van der Waals surface area contributed by atoms with E-state index < -0.39 is 11.9 Å². The lowest BCUT2D eigenvalue weighted by molar-refractivity contribution is -0.135. The predicted octanol–water partition coefficient (Wildman–Crippen LogP) is 4.56. The number of nitrogens with one attached hydrogen (secondary N) is 1. The first-order valence-electron chi connectivity index (χ1n) is 10.1. The van der Waals surface area contributed by atoms with Crippen LogP contribution in [-0.4, -0.2) is 30.9 Å². The topological polar surface area (TPSA) is 77.0 Å². The Balaban J connectivity index is 1.88. The average molecular weight is 394 g/mol. The second kappa shape index (κ2) is 11.0. The molecule has 0 aliphatic carbocycles. The van der Waals surface area contributed by atoms with Gasteiger partial charge in [-0.2, -0.15) is 5.10 Å². The fourth-order valence-electron chi connectivity index (χ4n) is 3.09. The molecular weight excluding hydrogens is 368 g/mol. The summed E-state index contributed by atoms with van der Waals surface area (Å²) in [5.74, 6) is -0.899. The quantitative estimate of drug-likeness (QED) is 0.718. The molecule has 1 heterocycles. The highest BCUT2D eigenvalue weighted by molar-refractivity contribution is 6.43. The summed E-state index contributed by atoms with van der Waals surface area (Å²) in [4.78, 5) is 25.1. The van der Waals surface area contributed by atoms with Crippen LogP contribution in [-0.2, 0) is 14.3 Å². The molecule has 152 valence electrons. The number of hydrazone groups is 1. The lowest BCUT2D eigenvalue weighted by atomic mass is 10.1. The first-order valence-corrected chi connectivity index (χ1v) is 10.1. The van der Waals surface area contributed by atoms with E-state index in [1.165, 1.54) is 0 Å². The van der Waals surface area contributed by atoms with E-state index in [9.17, 15) is 9.59 Å². The van der Waals surface area contributed by atoms with Crippen molar-refractivity contribution in [3.05, 3.63) is 65.7 Å². The van der Waals surface area contributed by atoms with Crippen LogP contribution in [0.3, 0.4) is 0 Å². The van der Waals surface area contributed by atoms with Crippen molar-refractivity contribution in [1.82, 2.24) is 0 Å². The van der Waals surface area contributed by atoms with Crippen molar-refractivity contribution in [2.75, 3.05) is 18.6 Å². The number of anilines is 1. The van der Waals surface area contributed by atoms with E-state index in [1.54, 1.807) is 36.4 Å². The van der Waals surface area contributed by atoms with E-state index >= 15 is 0 Å². The number of carbonyl (C=O) groups is 2. The molecule has 2 aromatic carbocycles. The molecule has 0 bridgehead atoms. The third-order valence-corrected chi connectivity index (χ3v) is 4.68. The summed E-state index contributed by atoms with van der Waals surface area (Å²) in [5, 5.41) is 4.28. The molecule has 1 aliphatic rings. The molecule has 3 rings (SSSR count). The minimum absolute atomic E-state index is 0.165. The maximum atomic E-state index is 12.7. The molecule has 0 saturated carbocycles. The van der Waals surface area contributed by atoms with Crippen LogP contribution in [0, 0.1) is 0 Å². The zero-order valence-corrected chi connectivity index (χ0v) is 16.4. The molecule has 0 aromatic heterocycles. The Morgan fingerprint density at radius 3 is 2.00 bits per heavy atom. The minimum atomic E-state index is -0.493. The summed E-state index contributed by atoms with van der Waals surface area (Å²) in [5.41, 5.74) is 4.51. The number of ether oxygens (including phenoxy) is 2. The number of esters is 2. The number of benzene rings is 2. The van der Waals surface area contributed by atoms with Crippen molar-refractivity contribution in [2.45, 2.75) is 38.5 Å². The van der Waals surface area contributed by atoms with Crippen molar-refractivity contribution < 1.29 is 19.1 Å². The Hall–Kier alpha value is -3.15. The van der Waals surface area contributed by atoms with Gasteiger partial charge in [0.25, 0.3) is 0 Å². The van der Waals surface area contributed by atoms with Crippen molar-refractivity contribution in [2.24, 2.45) is 5.10 Å². The Bertz CT molecular complexity index is 849. The molecule has 29 heavy (non-hydrogen) atoms. The van der Waals surface area contributed by atoms with Crippen molar-refractivity contribution in [3.63, 3.8) is 0 Å². The largest absolute Gasteiger partial charge is 0.462 e. The summed E-state index contributed by atoms with van der Waals surface area (Å²) in [6.45, 7) is 0.760.